The molecule has 0 atom stereocenters. The van der Waals surface area contributed by atoms with Gasteiger partial charge in [-0.25, -0.2) is 4.98 Å². The molecule has 96 valence electrons. The lowest BCUT2D eigenvalue weighted by molar-refractivity contribution is 0.568. The van der Waals surface area contributed by atoms with E-state index in [-0.39, 0.29) is 0 Å². The van der Waals surface area contributed by atoms with Crippen LogP contribution in [-0.4, -0.2) is 20.2 Å². The highest BCUT2D eigenvalue weighted by atomic mass is 16.4. The van der Waals surface area contributed by atoms with Gasteiger partial charge in [0, 0.05) is 23.6 Å². The minimum atomic E-state index is 0.515. The summed E-state index contributed by atoms with van der Waals surface area (Å²) in [6.07, 6.45) is 4.86. The zero-order chi connectivity index (χ0) is 13.1. The molecule has 6 heteroatoms. The number of imidazole rings is 1. The number of aromatic amines is 1. The Morgan fingerprint density at radius 3 is 3.05 bits per heavy atom. The Hall–Kier alpha value is -2.63. The van der Waals surface area contributed by atoms with Crippen LogP contribution in [-0.2, 0) is 6.54 Å². The number of hydrogen-bond donors (Lipinski definition) is 2. The van der Waals surface area contributed by atoms with Crippen molar-refractivity contribution in [3.63, 3.8) is 0 Å². The van der Waals surface area contributed by atoms with E-state index < -0.39 is 0 Å². The Morgan fingerprint density at radius 2 is 2.32 bits per heavy atom. The lowest BCUT2D eigenvalue weighted by Gasteiger charge is -2.09. The maximum absolute atomic E-state index is 5.20. The second-order valence-electron chi connectivity index (χ2n) is 4.16. The highest BCUT2D eigenvalue weighted by Gasteiger charge is 2.06. The molecule has 0 aliphatic rings. The summed E-state index contributed by atoms with van der Waals surface area (Å²) in [5.41, 5.74) is 3.06. The van der Waals surface area contributed by atoms with Gasteiger partial charge in [-0.05, 0) is 24.6 Å². The zero-order valence-corrected chi connectivity index (χ0v) is 10.4. The molecule has 0 spiro atoms. The van der Waals surface area contributed by atoms with Crippen molar-refractivity contribution in [1.82, 2.24) is 20.2 Å². The van der Waals surface area contributed by atoms with Crippen LogP contribution in [0.25, 0.3) is 11.5 Å². The van der Waals surface area contributed by atoms with Gasteiger partial charge in [0.15, 0.2) is 0 Å². The average molecular weight is 255 g/mol. The van der Waals surface area contributed by atoms with Crippen molar-refractivity contribution in [2.24, 2.45) is 0 Å². The maximum atomic E-state index is 5.20. The molecule has 0 amide bonds. The fraction of sp³-hybridized carbons (Fsp3) is 0.154. The van der Waals surface area contributed by atoms with Crippen LogP contribution in [0.3, 0.4) is 0 Å². The van der Waals surface area contributed by atoms with Crippen molar-refractivity contribution >= 4 is 5.69 Å². The Bertz CT molecular complexity index is 646. The van der Waals surface area contributed by atoms with Gasteiger partial charge in [-0.1, -0.05) is 6.07 Å². The van der Waals surface area contributed by atoms with Gasteiger partial charge in [0.1, 0.15) is 5.82 Å². The highest BCUT2D eigenvalue weighted by Crippen LogP contribution is 2.24. The molecule has 0 radical (unpaired) electrons. The molecule has 0 saturated heterocycles. The van der Waals surface area contributed by atoms with E-state index in [1.807, 2.05) is 25.1 Å². The van der Waals surface area contributed by atoms with Crippen LogP contribution in [0.5, 0.6) is 0 Å². The van der Waals surface area contributed by atoms with E-state index >= 15 is 0 Å². The predicted octanol–water partition coefficient (Wildman–Crippen LogP) is 2.38. The molecule has 0 saturated carbocycles. The van der Waals surface area contributed by atoms with E-state index in [0.717, 1.165) is 22.6 Å². The molecule has 0 fully saturated rings. The summed E-state index contributed by atoms with van der Waals surface area (Å²) in [7, 11) is 0. The van der Waals surface area contributed by atoms with Crippen molar-refractivity contribution in [2.75, 3.05) is 5.32 Å². The van der Waals surface area contributed by atoms with Gasteiger partial charge < -0.3 is 14.7 Å². The van der Waals surface area contributed by atoms with Gasteiger partial charge in [0.05, 0.1) is 6.54 Å². The van der Waals surface area contributed by atoms with E-state index in [2.05, 4.69) is 25.5 Å². The van der Waals surface area contributed by atoms with Crippen LogP contribution in [0.15, 0.2) is 41.4 Å². The molecule has 0 unspecified atom stereocenters. The summed E-state index contributed by atoms with van der Waals surface area (Å²) in [4.78, 5) is 7.23. The van der Waals surface area contributed by atoms with Crippen LogP contribution in [0.2, 0.25) is 0 Å². The molecular weight excluding hydrogens is 242 g/mol. The number of aromatic nitrogens is 4. The standard InChI is InChI=1S/C13H13N5O/c1-9-2-3-10(13-18-17-8-19-13)6-11(9)16-7-12-14-4-5-15-12/h2-6,8,16H,7H2,1H3,(H,14,15). The molecule has 2 N–H and O–H groups in total. The first-order valence-electron chi connectivity index (χ1n) is 5.92. The number of H-pyrrole nitrogens is 1. The molecule has 19 heavy (non-hydrogen) atoms. The Balaban J connectivity index is 1.82. The molecule has 2 aromatic heterocycles. The number of nitrogens with one attached hydrogen (secondary N) is 2. The third-order valence-corrected chi connectivity index (χ3v) is 2.85. The molecule has 1 aromatic carbocycles. The quantitative estimate of drug-likeness (QED) is 0.748. The molecule has 0 aliphatic heterocycles. The maximum Gasteiger partial charge on any atom is 0.247 e. The van der Waals surface area contributed by atoms with Gasteiger partial charge >= 0.3 is 0 Å². The second kappa shape index (κ2) is 4.93. The Kier molecular flexibility index (Phi) is 2.97. The van der Waals surface area contributed by atoms with Crippen molar-refractivity contribution in [3.05, 3.63) is 48.4 Å². The molecule has 3 aromatic rings. The van der Waals surface area contributed by atoms with Gasteiger partial charge in [0.2, 0.25) is 12.3 Å². The fourth-order valence-electron chi connectivity index (χ4n) is 1.82. The minimum absolute atomic E-state index is 0.515. The molecule has 3 rings (SSSR count). The van der Waals surface area contributed by atoms with Crippen LogP contribution >= 0.6 is 0 Å². The number of benzene rings is 1. The van der Waals surface area contributed by atoms with Gasteiger partial charge in [0.25, 0.3) is 0 Å². The van der Waals surface area contributed by atoms with E-state index in [4.69, 9.17) is 4.42 Å². The number of anilines is 1. The van der Waals surface area contributed by atoms with Crippen LogP contribution < -0.4 is 5.32 Å². The monoisotopic (exact) mass is 255 g/mol. The van der Waals surface area contributed by atoms with Gasteiger partial charge in [-0.2, -0.15) is 0 Å². The van der Waals surface area contributed by atoms with Gasteiger partial charge in [-0.15, -0.1) is 10.2 Å². The van der Waals surface area contributed by atoms with E-state index in [1.54, 1.807) is 12.4 Å². The summed E-state index contributed by atoms with van der Waals surface area (Å²) in [6.45, 7) is 2.68. The smallest absolute Gasteiger partial charge is 0.247 e. The molecule has 6 nitrogen and oxygen atoms in total. The number of nitrogens with zero attached hydrogens (tertiary/aromatic N) is 3. The summed E-state index contributed by atoms with van der Waals surface area (Å²) in [5.74, 6) is 1.41. The van der Waals surface area contributed by atoms with Crippen LogP contribution in [0, 0.1) is 6.92 Å². The normalized spacial score (nSPS) is 10.6. The Labute approximate surface area is 109 Å². The van der Waals surface area contributed by atoms with Gasteiger partial charge in [-0.3, -0.25) is 0 Å². The van der Waals surface area contributed by atoms with Crippen molar-refractivity contribution in [2.45, 2.75) is 13.5 Å². The lowest BCUT2D eigenvalue weighted by atomic mass is 10.1. The Morgan fingerprint density at radius 1 is 1.37 bits per heavy atom. The third-order valence-electron chi connectivity index (χ3n) is 2.85. The first kappa shape index (κ1) is 11.5. The predicted molar refractivity (Wildman–Crippen MR) is 70.4 cm³/mol. The topological polar surface area (TPSA) is 79.6 Å². The van der Waals surface area contributed by atoms with Crippen LogP contribution in [0.4, 0.5) is 5.69 Å². The number of hydrogen-bond acceptors (Lipinski definition) is 5. The molecular formula is C13H13N5O. The third kappa shape index (κ3) is 2.47. The summed E-state index contributed by atoms with van der Waals surface area (Å²) < 4.78 is 5.20. The largest absolute Gasteiger partial charge is 0.423 e. The van der Waals surface area contributed by atoms with E-state index in [0.29, 0.717) is 12.4 Å². The molecule has 2 heterocycles. The molecule has 0 aliphatic carbocycles. The van der Waals surface area contributed by atoms with Crippen molar-refractivity contribution < 1.29 is 4.42 Å². The second-order valence-corrected chi connectivity index (χ2v) is 4.16. The summed E-state index contributed by atoms with van der Waals surface area (Å²) in [6, 6.07) is 5.97. The first-order valence-corrected chi connectivity index (χ1v) is 5.92. The average Bonchev–Trinajstić information content (AvgIpc) is 3.11. The fourth-order valence-corrected chi connectivity index (χ4v) is 1.82. The summed E-state index contributed by atoms with van der Waals surface area (Å²) in [5, 5.41) is 10.9. The van der Waals surface area contributed by atoms with Crippen molar-refractivity contribution in [1.29, 1.82) is 0 Å². The van der Waals surface area contributed by atoms with E-state index in [9.17, 15) is 0 Å². The van der Waals surface area contributed by atoms with Crippen molar-refractivity contribution in [3.8, 4) is 11.5 Å². The SMILES string of the molecule is Cc1ccc(-c2nnco2)cc1NCc1ncc[nH]1. The summed E-state index contributed by atoms with van der Waals surface area (Å²) >= 11 is 0. The van der Waals surface area contributed by atoms with Crippen LogP contribution in [0.1, 0.15) is 11.4 Å². The number of aryl methyl sites for hydroxylation is 1. The minimum Gasteiger partial charge on any atom is -0.423 e. The zero-order valence-electron chi connectivity index (χ0n) is 10.4. The number of rotatable bonds is 4. The molecule has 0 bridgehead atoms. The van der Waals surface area contributed by atoms with E-state index in [1.165, 1.54) is 6.39 Å². The lowest BCUT2D eigenvalue weighted by Crippen LogP contribution is -2.02. The first-order chi connectivity index (χ1) is 9.33. The highest BCUT2D eigenvalue weighted by molar-refractivity contribution is 5.64.